The lowest BCUT2D eigenvalue weighted by molar-refractivity contribution is 0.140. The summed E-state index contributed by atoms with van der Waals surface area (Å²) in [4.78, 5) is 0. The van der Waals surface area contributed by atoms with Gasteiger partial charge in [-0.3, -0.25) is 0 Å². The van der Waals surface area contributed by atoms with E-state index in [0.717, 1.165) is 50.4 Å². The summed E-state index contributed by atoms with van der Waals surface area (Å²) in [5.41, 5.74) is 0. The monoisotopic (exact) mass is 182 g/mol. The van der Waals surface area contributed by atoms with Crippen molar-refractivity contribution in [3.63, 3.8) is 0 Å². The van der Waals surface area contributed by atoms with Gasteiger partial charge < -0.3 is 14.2 Å². The van der Waals surface area contributed by atoms with Crippen molar-refractivity contribution < 1.29 is 14.2 Å². The second-order valence-corrected chi connectivity index (χ2v) is 3.22. The lowest BCUT2D eigenvalue weighted by Gasteiger charge is -2.18. The highest BCUT2D eigenvalue weighted by molar-refractivity contribution is 5.00. The third-order valence-corrected chi connectivity index (χ3v) is 2.06. The minimum atomic E-state index is 0.808. The molecule has 2 aliphatic rings. The minimum absolute atomic E-state index is 0.808. The zero-order valence-corrected chi connectivity index (χ0v) is 7.62. The van der Waals surface area contributed by atoms with Crippen LogP contribution in [0.1, 0.15) is 25.7 Å². The summed E-state index contributed by atoms with van der Waals surface area (Å²) in [6, 6.07) is 0. The molecule has 0 atom stereocenters. The summed E-state index contributed by atoms with van der Waals surface area (Å²) in [6.07, 6.45) is 7.44. The van der Waals surface area contributed by atoms with E-state index in [0.29, 0.717) is 0 Å². The van der Waals surface area contributed by atoms with Gasteiger partial charge in [-0.1, -0.05) is 0 Å². The molecule has 0 aromatic heterocycles. The Morgan fingerprint density at radius 3 is 1.85 bits per heavy atom. The molecule has 0 aliphatic carbocycles. The summed E-state index contributed by atoms with van der Waals surface area (Å²) >= 11 is 0. The van der Waals surface area contributed by atoms with E-state index in [1.807, 2.05) is 0 Å². The van der Waals surface area contributed by atoms with Gasteiger partial charge in [0.15, 0.2) is 0 Å². The maximum atomic E-state index is 5.60. The Balaban J connectivity index is 1.88. The molecule has 2 rings (SSSR count). The molecule has 0 spiro atoms. The topological polar surface area (TPSA) is 27.7 Å². The van der Waals surface area contributed by atoms with Gasteiger partial charge in [-0.15, -0.1) is 0 Å². The van der Waals surface area contributed by atoms with E-state index in [1.165, 1.54) is 0 Å². The average molecular weight is 182 g/mol. The lowest BCUT2D eigenvalue weighted by atomic mass is 10.2. The molecule has 0 unspecified atom stereocenters. The standard InChI is InChI=1S/C10H14O3/c1-3-9(7-11-5-1)13-10-4-2-6-12-8-10/h7-8H,1-6H2. The normalized spacial score (nSPS) is 22.2. The van der Waals surface area contributed by atoms with Gasteiger partial charge in [-0.25, -0.2) is 0 Å². The molecule has 0 aromatic carbocycles. The molecule has 3 heteroatoms. The molecule has 2 aliphatic heterocycles. The smallest absolute Gasteiger partial charge is 0.138 e. The molecule has 0 N–H and O–H groups in total. The van der Waals surface area contributed by atoms with Crippen molar-refractivity contribution in [3.05, 3.63) is 24.0 Å². The van der Waals surface area contributed by atoms with Crippen LogP contribution in [0.5, 0.6) is 0 Å². The summed E-state index contributed by atoms with van der Waals surface area (Å²) < 4.78 is 15.9. The molecule has 0 amide bonds. The van der Waals surface area contributed by atoms with Crippen molar-refractivity contribution in [3.8, 4) is 0 Å². The predicted octanol–water partition coefficient (Wildman–Crippen LogP) is 2.31. The molecule has 0 saturated heterocycles. The zero-order valence-electron chi connectivity index (χ0n) is 7.62. The molecule has 13 heavy (non-hydrogen) atoms. The van der Waals surface area contributed by atoms with E-state index in [-0.39, 0.29) is 0 Å². The Morgan fingerprint density at radius 1 is 0.923 bits per heavy atom. The second-order valence-electron chi connectivity index (χ2n) is 3.22. The fourth-order valence-corrected chi connectivity index (χ4v) is 1.40. The first kappa shape index (κ1) is 8.48. The Kier molecular flexibility index (Phi) is 2.75. The van der Waals surface area contributed by atoms with Crippen LogP contribution in [0.25, 0.3) is 0 Å². The number of ether oxygens (including phenoxy) is 3. The predicted molar refractivity (Wildman–Crippen MR) is 47.6 cm³/mol. The van der Waals surface area contributed by atoms with Gasteiger partial charge >= 0.3 is 0 Å². The van der Waals surface area contributed by atoms with Gasteiger partial charge in [0.05, 0.1) is 13.2 Å². The van der Waals surface area contributed by atoms with Gasteiger partial charge in [0.2, 0.25) is 0 Å². The van der Waals surface area contributed by atoms with Gasteiger partial charge in [-0.05, 0) is 12.8 Å². The first-order chi connectivity index (χ1) is 6.45. The van der Waals surface area contributed by atoms with Gasteiger partial charge in [0, 0.05) is 12.8 Å². The van der Waals surface area contributed by atoms with Crippen molar-refractivity contribution in [1.29, 1.82) is 0 Å². The van der Waals surface area contributed by atoms with Crippen molar-refractivity contribution in [2.24, 2.45) is 0 Å². The number of hydrogen-bond acceptors (Lipinski definition) is 3. The summed E-state index contributed by atoms with van der Waals surface area (Å²) in [7, 11) is 0. The molecular formula is C10H14O3. The van der Waals surface area contributed by atoms with Crippen LogP contribution in [0.15, 0.2) is 24.0 Å². The lowest BCUT2D eigenvalue weighted by Crippen LogP contribution is -2.06. The summed E-state index contributed by atoms with van der Waals surface area (Å²) in [5.74, 6) is 1.84. The minimum Gasteiger partial charge on any atom is -0.498 e. The Labute approximate surface area is 78.0 Å². The molecular weight excluding hydrogens is 168 g/mol. The Hall–Kier alpha value is -1.12. The van der Waals surface area contributed by atoms with Crippen LogP contribution in [-0.2, 0) is 14.2 Å². The fourth-order valence-electron chi connectivity index (χ4n) is 1.40. The van der Waals surface area contributed by atoms with Crippen molar-refractivity contribution in [2.75, 3.05) is 13.2 Å². The van der Waals surface area contributed by atoms with Crippen LogP contribution in [0.3, 0.4) is 0 Å². The van der Waals surface area contributed by atoms with Crippen LogP contribution in [0.2, 0.25) is 0 Å². The number of hydrogen-bond donors (Lipinski definition) is 0. The highest BCUT2D eigenvalue weighted by Crippen LogP contribution is 2.21. The Morgan fingerprint density at radius 2 is 1.46 bits per heavy atom. The molecule has 72 valence electrons. The molecule has 0 saturated carbocycles. The van der Waals surface area contributed by atoms with E-state index in [9.17, 15) is 0 Å². The van der Waals surface area contributed by atoms with Gasteiger partial charge in [0.1, 0.15) is 24.0 Å². The van der Waals surface area contributed by atoms with Crippen LogP contribution in [0.4, 0.5) is 0 Å². The number of allylic oxidation sites excluding steroid dienone is 2. The van der Waals surface area contributed by atoms with E-state index in [2.05, 4.69) is 0 Å². The van der Waals surface area contributed by atoms with Crippen molar-refractivity contribution in [1.82, 2.24) is 0 Å². The molecule has 0 aromatic rings. The van der Waals surface area contributed by atoms with Crippen molar-refractivity contribution in [2.45, 2.75) is 25.7 Å². The van der Waals surface area contributed by atoms with Crippen LogP contribution < -0.4 is 0 Å². The fraction of sp³-hybridized carbons (Fsp3) is 0.600. The third-order valence-electron chi connectivity index (χ3n) is 2.06. The highest BCUT2D eigenvalue weighted by Gasteiger charge is 2.10. The third kappa shape index (κ3) is 2.41. The first-order valence-electron chi connectivity index (χ1n) is 4.74. The van der Waals surface area contributed by atoms with Gasteiger partial charge in [-0.2, -0.15) is 0 Å². The van der Waals surface area contributed by atoms with E-state index >= 15 is 0 Å². The highest BCUT2D eigenvalue weighted by atomic mass is 16.5. The quantitative estimate of drug-likeness (QED) is 0.655. The summed E-state index contributed by atoms with van der Waals surface area (Å²) in [6.45, 7) is 1.62. The van der Waals surface area contributed by atoms with E-state index < -0.39 is 0 Å². The van der Waals surface area contributed by atoms with E-state index in [4.69, 9.17) is 14.2 Å². The summed E-state index contributed by atoms with van der Waals surface area (Å²) in [5, 5.41) is 0. The maximum absolute atomic E-state index is 5.60. The van der Waals surface area contributed by atoms with Gasteiger partial charge in [0.25, 0.3) is 0 Å². The first-order valence-corrected chi connectivity index (χ1v) is 4.74. The number of rotatable bonds is 2. The largest absolute Gasteiger partial charge is 0.498 e. The zero-order chi connectivity index (χ0) is 8.93. The van der Waals surface area contributed by atoms with Crippen LogP contribution in [0, 0.1) is 0 Å². The average Bonchev–Trinajstić information content (AvgIpc) is 2.21. The molecule has 0 bridgehead atoms. The van der Waals surface area contributed by atoms with Crippen LogP contribution >= 0.6 is 0 Å². The van der Waals surface area contributed by atoms with E-state index in [1.54, 1.807) is 12.5 Å². The van der Waals surface area contributed by atoms with Crippen molar-refractivity contribution >= 4 is 0 Å². The molecule has 2 heterocycles. The Bertz CT molecular complexity index is 206. The molecule has 3 nitrogen and oxygen atoms in total. The van der Waals surface area contributed by atoms with Crippen LogP contribution in [-0.4, -0.2) is 13.2 Å². The molecule has 0 fully saturated rings. The SMILES string of the molecule is C1=C(OC2=COCCC2)CCCO1. The molecule has 0 radical (unpaired) electrons. The maximum Gasteiger partial charge on any atom is 0.138 e. The second kappa shape index (κ2) is 4.21.